The van der Waals surface area contributed by atoms with Gasteiger partial charge in [0, 0.05) is 10.0 Å². The highest BCUT2D eigenvalue weighted by atomic mass is 35.5. The van der Waals surface area contributed by atoms with Crippen molar-refractivity contribution in [3.8, 4) is 0 Å². The lowest BCUT2D eigenvalue weighted by Crippen LogP contribution is -2.02. The highest BCUT2D eigenvalue weighted by Gasteiger charge is 2.13. The summed E-state index contributed by atoms with van der Waals surface area (Å²) in [6, 6.07) is 7.64. The molecule has 0 unspecified atom stereocenters. The first kappa shape index (κ1) is 23.4. The van der Waals surface area contributed by atoms with E-state index in [-0.39, 0.29) is 13.2 Å². The van der Waals surface area contributed by atoms with Gasteiger partial charge in [0.1, 0.15) is 0 Å². The molecule has 28 heavy (non-hydrogen) atoms. The third-order valence-corrected chi connectivity index (χ3v) is 6.52. The van der Waals surface area contributed by atoms with Crippen LogP contribution in [0, 0.1) is 0 Å². The molecule has 0 spiro atoms. The van der Waals surface area contributed by atoms with Gasteiger partial charge >= 0.3 is 8.25 Å². The lowest BCUT2D eigenvalue weighted by atomic mass is 9.97. The third-order valence-electron chi connectivity index (χ3n) is 5.05. The molecule has 0 heterocycles. The van der Waals surface area contributed by atoms with Crippen molar-refractivity contribution in [2.24, 2.45) is 0 Å². The van der Waals surface area contributed by atoms with E-state index in [4.69, 9.17) is 32.2 Å². The zero-order chi connectivity index (χ0) is 20.7. The van der Waals surface area contributed by atoms with E-state index >= 15 is 0 Å². The van der Waals surface area contributed by atoms with Crippen molar-refractivity contribution in [3.05, 3.63) is 67.7 Å². The van der Waals surface area contributed by atoms with Crippen molar-refractivity contribution < 1.29 is 13.6 Å². The van der Waals surface area contributed by atoms with Crippen molar-refractivity contribution in [2.75, 3.05) is 0 Å². The monoisotopic (exact) mass is 442 g/mol. The standard InChI is InChI=1S/C22H29Cl2O3P/c1-5-17-15(9-11-21(23)19(17)7-3)13-26-28(25)27-14-16-10-12-22(24)20(8-4)18(16)6-2/h9-12,28H,5-8,13-14H2,1-4H3. The molecule has 0 saturated carbocycles. The van der Waals surface area contributed by atoms with Crippen molar-refractivity contribution in [1.29, 1.82) is 0 Å². The lowest BCUT2D eigenvalue weighted by molar-refractivity contribution is 0.212. The summed E-state index contributed by atoms with van der Waals surface area (Å²) >= 11 is 12.6. The minimum absolute atomic E-state index is 0.257. The second kappa shape index (κ2) is 11.4. The molecule has 0 aliphatic rings. The SMILES string of the molecule is CCc1c(Cl)ccc(CO[PH](=O)OCc2ccc(Cl)c(CC)c2CC)c1CC. The van der Waals surface area contributed by atoms with Crippen LogP contribution in [0.25, 0.3) is 0 Å². The Kier molecular flexibility index (Phi) is 9.53. The van der Waals surface area contributed by atoms with E-state index in [1.54, 1.807) is 0 Å². The molecule has 3 nitrogen and oxygen atoms in total. The van der Waals surface area contributed by atoms with Crippen LogP contribution in [0.3, 0.4) is 0 Å². The zero-order valence-corrected chi connectivity index (χ0v) is 19.5. The van der Waals surface area contributed by atoms with E-state index in [0.717, 1.165) is 58.0 Å². The van der Waals surface area contributed by atoms with Gasteiger partial charge in [-0.3, -0.25) is 4.57 Å². The molecule has 154 valence electrons. The van der Waals surface area contributed by atoms with Crippen LogP contribution in [0.2, 0.25) is 10.0 Å². The van der Waals surface area contributed by atoms with E-state index < -0.39 is 8.25 Å². The van der Waals surface area contributed by atoms with E-state index in [2.05, 4.69) is 27.7 Å². The van der Waals surface area contributed by atoms with Gasteiger partial charge in [0.15, 0.2) is 0 Å². The molecule has 2 aromatic carbocycles. The lowest BCUT2D eigenvalue weighted by Gasteiger charge is -2.16. The van der Waals surface area contributed by atoms with Gasteiger partial charge in [-0.15, -0.1) is 0 Å². The van der Waals surface area contributed by atoms with Crippen LogP contribution in [0.4, 0.5) is 0 Å². The van der Waals surface area contributed by atoms with Crippen LogP contribution < -0.4 is 0 Å². The van der Waals surface area contributed by atoms with Crippen LogP contribution in [0.1, 0.15) is 61.1 Å². The van der Waals surface area contributed by atoms with Gasteiger partial charge in [0.05, 0.1) is 13.2 Å². The Bertz CT molecular complexity index is 770. The summed E-state index contributed by atoms with van der Waals surface area (Å²) < 4.78 is 23.4. The largest absolute Gasteiger partial charge is 0.319 e. The van der Waals surface area contributed by atoms with E-state index in [9.17, 15) is 4.57 Å². The van der Waals surface area contributed by atoms with Crippen LogP contribution in [-0.4, -0.2) is 0 Å². The molecule has 0 fully saturated rings. The molecule has 0 saturated heterocycles. The Morgan fingerprint density at radius 1 is 0.679 bits per heavy atom. The fourth-order valence-corrected chi connectivity index (χ4v) is 4.91. The maximum absolute atomic E-state index is 12.3. The first-order valence-electron chi connectivity index (χ1n) is 9.84. The first-order valence-corrected chi connectivity index (χ1v) is 11.8. The van der Waals surface area contributed by atoms with Crippen LogP contribution in [0.15, 0.2) is 24.3 Å². The molecule has 0 amide bonds. The summed E-state index contributed by atoms with van der Waals surface area (Å²) in [6.45, 7) is 8.86. The Hall–Kier alpha value is -0.830. The molecular weight excluding hydrogens is 414 g/mol. The fraction of sp³-hybridized carbons (Fsp3) is 0.455. The van der Waals surface area contributed by atoms with Gasteiger partial charge in [-0.25, -0.2) is 0 Å². The molecule has 0 bridgehead atoms. The van der Waals surface area contributed by atoms with Crippen molar-refractivity contribution in [1.82, 2.24) is 0 Å². The molecular formula is C22H29Cl2O3P. The Balaban J connectivity index is 2.03. The summed E-state index contributed by atoms with van der Waals surface area (Å²) in [5.41, 5.74) is 6.63. The minimum atomic E-state index is -2.61. The van der Waals surface area contributed by atoms with Gasteiger partial charge in [-0.2, -0.15) is 0 Å². The number of hydrogen-bond donors (Lipinski definition) is 0. The number of benzene rings is 2. The number of rotatable bonds is 10. The van der Waals surface area contributed by atoms with Crippen molar-refractivity contribution >= 4 is 31.5 Å². The van der Waals surface area contributed by atoms with E-state index in [1.807, 2.05) is 24.3 Å². The maximum atomic E-state index is 12.3. The average Bonchev–Trinajstić information content (AvgIpc) is 2.70. The van der Waals surface area contributed by atoms with Crippen LogP contribution in [-0.2, 0) is 52.5 Å². The normalized spacial score (nSPS) is 11.4. The van der Waals surface area contributed by atoms with E-state index in [1.165, 1.54) is 11.1 Å². The Labute approximate surface area is 179 Å². The average molecular weight is 443 g/mol. The third kappa shape index (κ3) is 5.62. The summed E-state index contributed by atoms with van der Waals surface area (Å²) in [6.07, 6.45) is 3.43. The van der Waals surface area contributed by atoms with Crippen molar-refractivity contribution in [2.45, 2.75) is 66.6 Å². The molecule has 0 aromatic heterocycles. The van der Waals surface area contributed by atoms with Crippen LogP contribution in [0.5, 0.6) is 0 Å². The fourth-order valence-electron chi connectivity index (χ4n) is 3.66. The van der Waals surface area contributed by atoms with Gasteiger partial charge in [-0.1, -0.05) is 63.0 Å². The molecule has 0 N–H and O–H groups in total. The molecule has 2 aromatic rings. The van der Waals surface area contributed by atoms with Gasteiger partial charge in [0.2, 0.25) is 0 Å². The number of hydrogen-bond acceptors (Lipinski definition) is 3. The second-order valence-electron chi connectivity index (χ2n) is 6.57. The topological polar surface area (TPSA) is 35.5 Å². The quantitative estimate of drug-likeness (QED) is 0.360. The van der Waals surface area contributed by atoms with Gasteiger partial charge < -0.3 is 9.05 Å². The predicted octanol–water partition coefficient (Wildman–Crippen LogP) is 7.37. The zero-order valence-electron chi connectivity index (χ0n) is 17.0. The summed E-state index contributed by atoms with van der Waals surface area (Å²) in [7, 11) is -2.61. The first-order chi connectivity index (χ1) is 13.5. The maximum Gasteiger partial charge on any atom is 0.319 e. The van der Waals surface area contributed by atoms with Crippen molar-refractivity contribution in [3.63, 3.8) is 0 Å². The molecule has 6 heteroatoms. The van der Waals surface area contributed by atoms with Gasteiger partial charge in [-0.05, 0) is 71.2 Å². The van der Waals surface area contributed by atoms with Crippen LogP contribution >= 0.6 is 31.5 Å². The minimum Gasteiger partial charge on any atom is -0.306 e. The highest BCUT2D eigenvalue weighted by Crippen LogP contribution is 2.32. The molecule has 0 aliphatic heterocycles. The smallest absolute Gasteiger partial charge is 0.306 e. The molecule has 2 rings (SSSR count). The second-order valence-corrected chi connectivity index (χ2v) is 8.46. The molecule has 0 aliphatic carbocycles. The summed E-state index contributed by atoms with van der Waals surface area (Å²) in [4.78, 5) is 0. The Morgan fingerprint density at radius 3 is 1.36 bits per heavy atom. The molecule has 0 atom stereocenters. The number of halogens is 2. The summed E-state index contributed by atoms with van der Waals surface area (Å²) in [5, 5.41) is 1.54. The predicted molar refractivity (Wildman–Crippen MR) is 119 cm³/mol. The Morgan fingerprint density at radius 2 is 1.04 bits per heavy atom. The summed E-state index contributed by atoms with van der Waals surface area (Å²) in [5.74, 6) is 0. The van der Waals surface area contributed by atoms with E-state index in [0.29, 0.717) is 0 Å². The van der Waals surface area contributed by atoms with Gasteiger partial charge in [0.25, 0.3) is 0 Å². The molecule has 0 radical (unpaired) electrons. The highest BCUT2D eigenvalue weighted by molar-refractivity contribution is 7.33.